The number of amides is 1. The van der Waals surface area contributed by atoms with Crippen LogP contribution in [0, 0.1) is 0 Å². The molecule has 2 aromatic carbocycles. The van der Waals surface area contributed by atoms with E-state index < -0.39 is 0 Å². The maximum Gasteiger partial charge on any atom is 0.256 e. The zero-order chi connectivity index (χ0) is 25.1. The molecule has 1 amide bonds. The highest BCUT2D eigenvalue weighted by atomic mass is 32.2. The van der Waals surface area contributed by atoms with Crippen LogP contribution in [0.15, 0.2) is 73.4 Å². The quantitative estimate of drug-likeness (QED) is 0.321. The molecule has 1 aliphatic heterocycles. The summed E-state index contributed by atoms with van der Waals surface area (Å²) in [4.78, 5) is 23.4. The molecule has 1 saturated heterocycles. The average molecular weight is 501 g/mol. The van der Waals surface area contributed by atoms with Gasteiger partial charge in [-0.3, -0.25) is 4.79 Å². The Bertz CT molecular complexity index is 1430. The summed E-state index contributed by atoms with van der Waals surface area (Å²) in [6.07, 6.45) is 3.78. The molecule has 0 aliphatic carbocycles. The summed E-state index contributed by atoms with van der Waals surface area (Å²) in [5, 5.41) is 4.10. The van der Waals surface area contributed by atoms with E-state index in [1.165, 1.54) is 0 Å². The summed E-state index contributed by atoms with van der Waals surface area (Å²) in [7, 11) is 3.22. The highest BCUT2D eigenvalue weighted by molar-refractivity contribution is 7.99. The first-order valence-corrected chi connectivity index (χ1v) is 12.9. The summed E-state index contributed by atoms with van der Waals surface area (Å²) in [6, 6.07) is 15.8. The van der Waals surface area contributed by atoms with E-state index in [0.29, 0.717) is 17.1 Å². The zero-order valence-corrected chi connectivity index (χ0v) is 21.2. The van der Waals surface area contributed by atoms with Gasteiger partial charge in [0.2, 0.25) is 0 Å². The van der Waals surface area contributed by atoms with E-state index in [2.05, 4.69) is 27.9 Å². The Balaban J connectivity index is 1.58. The van der Waals surface area contributed by atoms with E-state index in [1.807, 2.05) is 71.5 Å². The Morgan fingerprint density at radius 3 is 2.67 bits per heavy atom. The van der Waals surface area contributed by atoms with Crippen molar-refractivity contribution in [2.75, 3.05) is 44.1 Å². The standard InChI is InChI=1S/C28H28N4O3S/c1-18(34-2)31-25-9-8-19(14-23(25)28(33)32-10-12-36-13-11-32)20-15-22-24(17-30-27(22)29-16-20)21-6-4-5-7-26(21)35-3/h4-9,14-17,31H,1,10-13H2,2-3H3,(H,29,30). The molecule has 4 aromatic rings. The molecule has 0 radical (unpaired) electrons. The molecule has 2 N–H and O–H groups in total. The number of nitrogens with zero attached hydrogens (tertiary/aromatic N) is 2. The second-order valence-corrected chi connectivity index (χ2v) is 9.66. The summed E-state index contributed by atoms with van der Waals surface area (Å²) in [5.41, 5.74) is 5.85. The fourth-order valence-corrected chi connectivity index (χ4v) is 5.30. The van der Waals surface area contributed by atoms with Crippen molar-refractivity contribution in [1.82, 2.24) is 14.9 Å². The number of carbonyl (C=O) groups excluding carboxylic acids is 1. The topological polar surface area (TPSA) is 79.5 Å². The highest BCUT2D eigenvalue weighted by Gasteiger charge is 2.22. The summed E-state index contributed by atoms with van der Waals surface area (Å²) in [6.45, 7) is 5.32. The Hall–Kier alpha value is -3.91. The van der Waals surface area contributed by atoms with Crippen LogP contribution in [-0.4, -0.2) is 59.6 Å². The average Bonchev–Trinajstić information content (AvgIpc) is 3.36. The van der Waals surface area contributed by atoms with Gasteiger partial charge in [-0.2, -0.15) is 11.8 Å². The van der Waals surface area contributed by atoms with Gasteiger partial charge in [-0.15, -0.1) is 0 Å². The van der Waals surface area contributed by atoms with Gasteiger partial charge in [-0.25, -0.2) is 4.98 Å². The number of H-pyrrole nitrogens is 1. The van der Waals surface area contributed by atoms with Gasteiger partial charge in [0.05, 0.1) is 25.5 Å². The molecule has 0 spiro atoms. The number of ether oxygens (including phenoxy) is 2. The van der Waals surface area contributed by atoms with Crippen LogP contribution in [0.25, 0.3) is 33.3 Å². The van der Waals surface area contributed by atoms with Crippen molar-refractivity contribution in [3.63, 3.8) is 0 Å². The number of aromatic amines is 1. The van der Waals surface area contributed by atoms with Crippen LogP contribution in [-0.2, 0) is 4.74 Å². The lowest BCUT2D eigenvalue weighted by molar-refractivity contribution is 0.0773. The predicted molar refractivity (Wildman–Crippen MR) is 147 cm³/mol. The normalized spacial score (nSPS) is 13.4. The lowest BCUT2D eigenvalue weighted by atomic mass is 9.99. The number of carbonyl (C=O) groups is 1. The van der Waals surface area contributed by atoms with Gasteiger partial charge in [0, 0.05) is 59.1 Å². The number of pyridine rings is 1. The van der Waals surface area contributed by atoms with E-state index in [9.17, 15) is 4.79 Å². The lowest BCUT2D eigenvalue weighted by Gasteiger charge is -2.27. The monoisotopic (exact) mass is 500 g/mol. The fraction of sp³-hybridized carbons (Fsp3) is 0.214. The van der Waals surface area contributed by atoms with Crippen LogP contribution in [0.2, 0.25) is 0 Å². The van der Waals surface area contributed by atoms with Crippen molar-refractivity contribution >= 4 is 34.4 Å². The number of para-hydroxylation sites is 1. The van der Waals surface area contributed by atoms with E-state index >= 15 is 0 Å². The maximum atomic E-state index is 13.5. The number of hydrogen-bond acceptors (Lipinski definition) is 6. The van der Waals surface area contributed by atoms with Crippen molar-refractivity contribution in [2.45, 2.75) is 0 Å². The molecular weight excluding hydrogens is 472 g/mol. The third-order valence-electron chi connectivity index (χ3n) is 6.33. The van der Waals surface area contributed by atoms with E-state index in [0.717, 1.165) is 63.6 Å². The smallest absolute Gasteiger partial charge is 0.256 e. The number of aromatic nitrogens is 2. The molecule has 5 rings (SSSR count). The first kappa shape index (κ1) is 23.8. The second-order valence-electron chi connectivity index (χ2n) is 8.44. The molecule has 8 heteroatoms. The summed E-state index contributed by atoms with van der Waals surface area (Å²) in [5.74, 6) is 3.05. The number of benzene rings is 2. The van der Waals surface area contributed by atoms with Crippen molar-refractivity contribution in [3.05, 3.63) is 79.0 Å². The minimum atomic E-state index is -0.00561. The first-order chi connectivity index (χ1) is 17.6. The third kappa shape index (κ3) is 4.64. The molecule has 36 heavy (non-hydrogen) atoms. The van der Waals surface area contributed by atoms with Crippen LogP contribution >= 0.6 is 11.8 Å². The Morgan fingerprint density at radius 2 is 1.89 bits per heavy atom. The number of methoxy groups -OCH3 is 2. The van der Waals surface area contributed by atoms with Crippen molar-refractivity contribution in [2.24, 2.45) is 0 Å². The van der Waals surface area contributed by atoms with Gasteiger partial charge in [0.25, 0.3) is 5.91 Å². The molecule has 0 unspecified atom stereocenters. The van der Waals surface area contributed by atoms with Gasteiger partial charge < -0.3 is 24.7 Å². The van der Waals surface area contributed by atoms with Gasteiger partial charge >= 0.3 is 0 Å². The Labute approximate surface area is 214 Å². The third-order valence-corrected chi connectivity index (χ3v) is 7.27. The van der Waals surface area contributed by atoms with E-state index in [-0.39, 0.29) is 5.91 Å². The second kappa shape index (κ2) is 10.4. The molecule has 0 bridgehead atoms. The van der Waals surface area contributed by atoms with E-state index in [4.69, 9.17) is 9.47 Å². The molecule has 2 aromatic heterocycles. The molecule has 1 aliphatic rings. The molecule has 7 nitrogen and oxygen atoms in total. The molecule has 1 fully saturated rings. The number of anilines is 1. The fourth-order valence-electron chi connectivity index (χ4n) is 4.40. The highest BCUT2D eigenvalue weighted by Crippen LogP contribution is 2.36. The largest absolute Gasteiger partial charge is 0.496 e. The zero-order valence-electron chi connectivity index (χ0n) is 20.3. The number of hydrogen-bond donors (Lipinski definition) is 2. The predicted octanol–water partition coefficient (Wildman–Crippen LogP) is 5.62. The van der Waals surface area contributed by atoms with Crippen molar-refractivity contribution < 1.29 is 14.3 Å². The molecule has 0 atom stereocenters. The Morgan fingerprint density at radius 1 is 1.08 bits per heavy atom. The van der Waals surface area contributed by atoms with Gasteiger partial charge in [0.15, 0.2) is 5.88 Å². The van der Waals surface area contributed by atoms with Crippen LogP contribution in [0.1, 0.15) is 10.4 Å². The van der Waals surface area contributed by atoms with Gasteiger partial charge in [0.1, 0.15) is 11.4 Å². The lowest BCUT2D eigenvalue weighted by Crippen LogP contribution is -2.38. The number of rotatable bonds is 7. The van der Waals surface area contributed by atoms with Crippen LogP contribution in [0.5, 0.6) is 5.75 Å². The molecule has 184 valence electrons. The van der Waals surface area contributed by atoms with Crippen molar-refractivity contribution in [3.8, 4) is 28.0 Å². The SMILES string of the molecule is C=C(Nc1ccc(-c2cnc3[nH]cc(-c4ccccc4OC)c3c2)cc1C(=O)N1CCSCC1)OC. The summed E-state index contributed by atoms with van der Waals surface area (Å²) >= 11 is 1.87. The van der Waals surface area contributed by atoms with Gasteiger partial charge in [-0.05, 0) is 36.4 Å². The molecular formula is C28H28N4O3S. The van der Waals surface area contributed by atoms with Crippen LogP contribution in [0.4, 0.5) is 5.69 Å². The van der Waals surface area contributed by atoms with Crippen LogP contribution < -0.4 is 10.1 Å². The molecule has 3 heterocycles. The maximum absolute atomic E-state index is 13.5. The van der Waals surface area contributed by atoms with Crippen LogP contribution in [0.3, 0.4) is 0 Å². The number of fused-ring (bicyclic) bond motifs is 1. The minimum Gasteiger partial charge on any atom is -0.496 e. The number of nitrogens with one attached hydrogen (secondary N) is 2. The Kier molecular flexibility index (Phi) is 6.86. The van der Waals surface area contributed by atoms with Gasteiger partial charge in [-0.1, -0.05) is 24.3 Å². The first-order valence-electron chi connectivity index (χ1n) is 11.7. The van der Waals surface area contributed by atoms with Crippen molar-refractivity contribution in [1.29, 1.82) is 0 Å². The number of thioether (sulfide) groups is 1. The minimum absolute atomic E-state index is 0.00561. The molecule has 0 saturated carbocycles. The summed E-state index contributed by atoms with van der Waals surface area (Å²) < 4.78 is 10.8. The van der Waals surface area contributed by atoms with E-state index in [1.54, 1.807) is 14.2 Å².